The number of imide groups is 1. The van der Waals surface area contributed by atoms with Gasteiger partial charge < -0.3 is 14.5 Å². The third kappa shape index (κ3) is 4.71. The van der Waals surface area contributed by atoms with E-state index in [1.807, 2.05) is 5.32 Å². The number of ether oxygens (including phenoxy) is 1. The number of carbonyl (C=O) groups excluding carboxylic acids is 3. The van der Waals surface area contributed by atoms with Gasteiger partial charge in [-0.2, -0.15) is 0 Å². The number of carbonyl (C=O) groups is 3. The fourth-order valence-electron chi connectivity index (χ4n) is 1.40. The van der Waals surface area contributed by atoms with Crippen molar-refractivity contribution in [2.24, 2.45) is 0 Å². The summed E-state index contributed by atoms with van der Waals surface area (Å²) in [4.78, 5) is 41.8. The van der Waals surface area contributed by atoms with Gasteiger partial charge in [0.25, 0.3) is 5.91 Å². The van der Waals surface area contributed by atoms with E-state index < -0.39 is 24.5 Å². The number of esters is 1. The average Bonchev–Trinajstić information content (AvgIpc) is 3.05. The molecule has 0 saturated heterocycles. The van der Waals surface area contributed by atoms with Crippen LogP contribution in [0.3, 0.4) is 0 Å². The summed E-state index contributed by atoms with van der Waals surface area (Å²) in [7, 11) is 0. The number of furan rings is 1. The van der Waals surface area contributed by atoms with Crippen molar-refractivity contribution in [3.63, 3.8) is 0 Å². The Morgan fingerprint density at radius 2 is 2.14 bits per heavy atom. The molecule has 9 nitrogen and oxygen atoms in total. The van der Waals surface area contributed by atoms with Crippen molar-refractivity contribution in [2.75, 3.05) is 6.61 Å². The molecule has 0 radical (unpaired) electrons. The Balaban J connectivity index is 1.69. The third-order valence-electron chi connectivity index (χ3n) is 2.36. The lowest BCUT2D eigenvalue weighted by atomic mass is 10.4. The second-order valence-corrected chi connectivity index (χ2v) is 3.98. The molecular formula is C13H12N4O5. The molecule has 2 aromatic rings. The van der Waals surface area contributed by atoms with Gasteiger partial charge in [-0.1, -0.05) is 0 Å². The first kappa shape index (κ1) is 15.2. The lowest BCUT2D eigenvalue weighted by molar-refractivity contribution is -0.123. The lowest BCUT2D eigenvalue weighted by Crippen LogP contribution is -2.41. The highest BCUT2D eigenvalue weighted by Gasteiger charge is 2.13. The zero-order chi connectivity index (χ0) is 15.8. The molecule has 3 amide bonds. The molecule has 2 heterocycles. The molecule has 0 aromatic carbocycles. The smallest absolute Gasteiger partial charge is 0.359 e. The molecule has 0 spiro atoms. The highest BCUT2D eigenvalue weighted by atomic mass is 16.5. The van der Waals surface area contributed by atoms with Crippen LogP contribution >= 0.6 is 0 Å². The maximum absolute atomic E-state index is 11.5. The quantitative estimate of drug-likeness (QED) is 0.759. The van der Waals surface area contributed by atoms with E-state index in [4.69, 9.17) is 4.42 Å². The summed E-state index contributed by atoms with van der Waals surface area (Å²) in [5.41, 5.74) is -0.0300. The van der Waals surface area contributed by atoms with Gasteiger partial charge >= 0.3 is 12.0 Å². The van der Waals surface area contributed by atoms with Gasteiger partial charge in [0.2, 0.25) is 0 Å². The van der Waals surface area contributed by atoms with Gasteiger partial charge in [0.05, 0.1) is 19.0 Å². The van der Waals surface area contributed by atoms with E-state index in [1.54, 1.807) is 12.1 Å². The van der Waals surface area contributed by atoms with Gasteiger partial charge in [0.15, 0.2) is 12.3 Å². The van der Waals surface area contributed by atoms with Crippen LogP contribution in [0.25, 0.3) is 0 Å². The molecule has 0 atom stereocenters. The molecule has 0 bridgehead atoms. The maximum Gasteiger partial charge on any atom is 0.359 e. The van der Waals surface area contributed by atoms with Gasteiger partial charge in [-0.3, -0.25) is 15.1 Å². The average molecular weight is 304 g/mol. The topological polar surface area (TPSA) is 123 Å². The molecule has 0 unspecified atom stereocenters. The molecule has 2 aromatic heterocycles. The molecule has 2 rings (SSSR count). The summed E-state index contributed by atoms with van der Waals surface area (Å²) in [5.74, 6) is -1.04. The van der Waals surface area contributed by atoms with Crippen molar-refractivity contribution in [3.8, 4) is 0 Å². The van der Waals surface area contributed by atoms with Crippen LogP contribution in [-0.4, -0.2) is 34.5 Å². The molecule has 2 N–H and O–H groups in total. The van der Waals surface area contributed by atoms with E-state index in [9.17, 15) is 14.4 Å². The second kappa shape index (κ2) is 7.53. The number of hydrogen-bond donors (Lipinski definition) is 2. The number of nitrogens with one attached hydrogen (secondary N) is 2. The number of nitrogens with zero attached hydrogens (tertiary/aromatic N) is 2. The summed E-state index contributed by atoms with van der Waals surface area (Å²) < 4.78 is 9.70. The minimum atomic E-state index is -0.806. The summed E-state index contributed by atoms with van der Waals surface area (Å²) in [6.45, 7) is -0.477. The van der Waals surface area contributed by atoms with Crippen LogP contribution in [-0.2, 0) is 16.1 Å². The van der Waals surface area contributed by atoms with Crippen LogP contribution < -0.4 is 10.6 Å². The zero-order valence-electron chi connectivity index (χ0n) is 11.3. The summed E-state index contributed by atoms with van der Waals surface area (Å²) >= 11 is 0. The molecule has 9 heteroatoms. The Kier molecular flexibility index (Phi) is 5.19. The van der Waals surface area contributed by atoms with Crippen molar-refractivity contribution in [1.82, 2.24) is 20.6 Å². The molecule has 0 saturated carbocycles. The number of rotatable bonds is 5. The van der Waals surface area contributed by atoms with Crippen LogP contribution in [0.4, 0.5) is 4.79 Å². The highest BCUT2D eigenvalue weighted by Crippen LogP contribution is 1.98. The number of urea groups is 1. The Hall–Kier alpha value is -3.23. The van der Waals surface area contributed by atoms with Gasteiger partial charge in [0.1, 0.15) is 5.76 Å². The van der Waals surface area contributed by atoms with Crippen molar-refractivity contribution < 1.29 is 23.5 Å². The van der Waals surface area contributed by atoms with E-state index in [2.05, 4.69) is 20.0 Å². The number of aromatic nitrogens is 2. The van der Waals surface area contributed by atoms with Gasteiger partial charge in [-0.25, -0.2) is 14.6 Å². The third-order valence-corrected chi connectivity index (χ3v) is 2.36. The van der Waals surface area contributed by atoms with Gasteiger partial charge in [-0.15, -0.1) is 0 Å². The largest absolute Gasteiger partial charge is 0.467 e. The van der Waals surface area contributed by atoms with Gasteiger partial charge in [0, 0.05) is 12.4 Å². The van der Waals surface area contributed by atoms with Crippen molar-refractivity contribution >= 4 is 17.9 Å². The van der Waals surface area contributed by atoms with E-state index in [-0.39, 0.29) is 12.2 Å². The zero-order valence-corrected chi connectivity index (χ0v) is 11.3. The van der Waals surface area contributed by atoms with E-state index in [1.165, 1.54) is 24.9 Å². The van der Waals surface area contributed by atoms with Crippen LogP contribution in [0.15, 0.2) is 41.4 Å². The van der Waals surface area contributed by atoms with E-state index in [0.717, 1.165) is 0 Å². The molecule has 22 heavy (non-hydrogen) atoms. The fraction of sp³-hybridized carbons (Fsp3) is 0.154. The first-order chi connectivity index (χ1) is 10.6. The summed E-state index contributed by atoms with van der Waals surface area (Å²) in [6, 6.07) is 2.62. The Morgan fingerprint density at radius 3 is 2.82 bits per heavy atom. The number of hydrogen-bond acceptors (Lipinski definition) is 7. The number of amides is 3. The predicted molar refractivity (Wildman–Crippen MR) is 71.4 cm³/mol. The summed E-state index contributed by atoms with van der Waals surface area (Å²) in [5, 5.41) is 4.41. The first-order valence-electron chi connectivity index (χ1n) is 6.18. The van der Waals surface area contributed by atoms with Crippen LogP contribution in [0.5, 0.6) is 0 Å². The second-order valence-electron chi connectivity index (χ2n) is 3.98. The van der Waals surface area contributed by atoms with Crippen molar-refractivity contribution in [2.45, 2.75) is 6.54 Å². The van der Waals surface area contributed by atoms with Crippen LogP contribution in [0.2, 0.25) is 0 Å². The standard InChI is InChI=1S/C13H12N4O5/c18-11(8-22-12(19)10-7-14-3-4-15-10)17-13(20)16-6-9-2-1-5-21-9/h1-5,7H,6,8H2,(H2,16,17,18,20). The molecule has 0 aliphatic rings. The summed E-state index contributed by atoms with van der Waals surface area (Å²) in [6.07, 6.45) is 5.38. The molecule has 0 aliphatic heterocycles. The van der Waals surface area contributed by atoms with Gasteiger partial charge in [-0.05, 0) is 12.1 Å². The monoisotopic (exact) mass is 304 g/mol. The predicted octanol–water partition coefficient (Wildman–Crippen LogP) is 0.252. The molecular weight excluding hydrogens is 292 g/mol. The Labute approximate surface area is 124 Å². The Bertz CT molecular complexity index is 642. The van der Waals surface area contributed by atoms with Crippen LogP contribution in [0.1, 0.15) is 16.2 Å². The maximum atomic E-state index is 11.5. The molecule has 0 fully saturated rings. The fourth-order valence-corrected chi connectivity index (χ4v) is 1.40. The SMILES string of the molecule is O=C(COC(=O)c1cnccn1)NC(=O)NCc1ccco1. The minimum absolute atomic E-state index is 0.0300. The van der Waals surface area contributed by atoms with Crippen LogP contribution in [0, 0.1) is 0 Å². The highest BCUT2D eigenvalue weighted by molar-refractivity contribution is 5.96. The molecule has 0 aliphatic carbocycles. The Morgan fingerprint density at radius 1 is 1.27 bits per heavy atom. The van der Waals surface area contributed by atoms with Crippen molar-refractivity contribution in [1.29, 1.82) is 0 Å². The first-order valence-corrected chi connectivity index (χ1v) is 6.18. The minimum Gasteiger partial charge on any atom is -0.467 e. The normalized spacial score (nSPS) is 9.82. The van der Waals surface area contributed by atoms with Crippen molar-refractivity contribution in [3.05, 3.63) is 48.4 Å². The lowest BCUT2D eigenvalue weighted by Gasteiger charge is -2.06. The molecule has 114 valence electrons. The van der Waals surface area contributed by atoms with E-state index >= 15 is 0 Å². The van der Waals surface area contributed by atoms with E-state index in [0.29, 0.717) is 5.76 Å².